The van der Waals surface area contributed by atoms with E-state index in [0.29, 0.717) is 10.8 Å². The van der Waals surface area contributed by atoms with Crippen LogP contribution in [0.25, 0.3) is 0 Å². The van der Waals surface area contributed by atoms with Crippen molar-refractivity contribution in [3.8, 4) is 0 Å². The molecule has 0 aliphatic carbocycles. The second kappa shape index (κ2) is 3.17. The number of hydrogen-bond acceptors (Lipinski definition) is 0. The molecule has 0 amide bonds. The van der Waals surface area contributed by atoms with Gasteiger partial charge in [0.15, 0.2) is 0 Å². The van der Waals surface area contributed by atoms with Gasteiger partial charge in [0, 0.05) is 0 Å². The van der Waals surface area contributed by atoms with Crippen molar-refractivity contribution in [3.63, 3.8) is 0 Å². The zero-order valence-corrected chi connectivity index (χ0v) is 10.6. The molecule has 73 valence electrons. The van der Waals surface area contributed by atoms with Gasteiger partial charge in [0.1, 0.15) is 0 Å². The van der Waals surface area contributed by atoms with E-state index in [9.17, 15) is 0 Å². The molecule has 0 saturated heterocycles. The lowest BCUT2D eigenvalue weighted by Gasteiger charge is -2.19. The van der Waals surface area contributed by atoms with Crippen LogP contribution in [0.1, 0.15) is 52.1 Å². The first-order valence-corrected chi connectivity index (χ1v) is 5.83. The molecule has 1 aromatic rings. The van der Waals surface area contributed by atoms with E-state index in [1.165, 1.54) is 10.6 Å². The van der Waals surface area contributed by atoms with Crippen LogP contribution in [0, 0.1) is 6.07 Å². The van der Waals surface area contributed by atoms with Gasteiger partial charge in [-0.2, -0.15) is 0 Å². The SMILES string of the molecule is CC(C)(C)c1[c]cc(C(C)(C)C)[pH]1. The van der Waals surface area contributed by atoms with Crippen LogP contribution in [-0.2, 0) is 10.8 Å². The third-order valence-corrected chi connectivity index (χ3v) is 4.49. The van der Waals surface area contributed by atoms with Crippen molar-refractivity contribution in [2.45, 2.75) is 52.4 Å². The van der Waals surface area contributed by atoms with Gasteiger partial charge in [-0.15, -0.1) is 8.19 Å². The van der Waals surface area contributed by atoms with E-state index in [2.05, 4.69) is 53.7 Å². The monoisotopic (exact) mass is 195 g/mol. The first kappa shape index (κ1) is 10.9. The molecular weight excluding hydrogens is 175 g/mol. The Kier molecular flexibility index (Phi) is 2.65. The molecule has 0 aromatic carbocycles. The van der Waals surface area contributed by atoms with Crippen molar-refractivity contribution in [1.29, 1.82) is 0 Å². The van der Waals surface area contributed by atoms with E-state index in [0.717, 1.165) is 8.19 Å². The Morgan fingerprint density at radius 2 is 1.54 bits per heavy atom. The minimum absolute atomic E-state index is 0.294. The van der Waals surface area contributed by atoms with Gasteiger partial charge in [-0.05, 0) is 33.6 Å². The summed E-state index contributed by atoms with van der Waals surface area (Å²) >= 11 is 0. The molecule has 0 spiro atoms. The maximum atomic E-state index is 3.42. The molecule has 1 atom stereocenters. The van der Waals surface area contributed by atoms with Crippen molar-refractivity contribution in [1.82, 2.24) is 0 Å². The van der Waals surface area contributed by atoms with E-state index in [1.54, 1.807) is 0 Å². The average Bonchev–Trinajstić information content (AvgIpc) is 2.28. The second-order valence-corrected chi connectivity index (χ2v) is 6.99. The summed E-state index contributed by atoms with van der Waals surface area (Å²) in [6.07, 6.45) is 0. The fraction of sp³-hybridized carbons (Fsp3) is 0.667. The normalized spacial score (nSPS) is 13.4. The molecular formula is C12H20P. The van der Waals surface area contributed by atoms with Crippen LogP contribution < -0.4 is 0 Å². The minimum atomic E-state index is 0.294. The summed E-state index contributed by atoms with van der Waals surface area (Å²) in [5.41, 5.74) is 0.611. The van der Waals surface area contributed by atoms with Crippen LogP contribution in [0.2, 0.25) is 0 Å². The van der Waals surface area contributed by atoms with E-state index in [1.807, 2.05) is 0 Å². The molecule has 1 unspecified atom stereocenters. The predicted molar refractivity (Wildman–Crippen MR) is 62.2 cm³/mol. The van der Waals surface area contributed by atoms with E-state index >= 15 is 0 Å². The standard InChI is InChI=1S/C12H20P/c1-11(2,3)9-7-8-10(13-9)12(4,5)6/h7,13H,1-6H3. The summed E-state index contributed by atoms with van der Waals surface area (Å²) in [4.78, 5) is 0. The Bertz CT molecular complexity index is 252. The molecule has 0 aliphatic rings. The molecule has 1 heterocycles. The highest BCUT2D eigenvalue weighted by Gasteiger charge is 2.20. The second-order valence-electron chi connectivity index (χ2n) is 5.70. The Morgan fingerprint density at radius 3 is 1.77 bits per heavy atom. The van der Waals surface area contributed by atoms with Gasteiger partial charge in [0.25, 0.3) is 0 Å². The molecule has 0 saturated carbocycles. The predicted octanol–water partition coefficient (Wildman–Crippen LogP) is 4.11. The molecule has 0 bridgehead atoms. The fourth-order valence-electron chi connectivity index (χ4n) is 1.16. The smallest absolute Gasteiger partial charge is 0.00907 e. The summed E-state index contributed by atoms with van der Waals surface area (Å²) < 4.78 is 0. The van der Waals surface area contributed by atoms with Crippen LogP contribution in [-0.4, -0.2) is 0 Å². The maximum absolute atomic E-state index is 3.42. The number of rotatable bonds is 0. The highest BCUT2D eigenvalue weighted by Crippen LogP contribution is 2.38. The van der Waals surface area contributed by atoms with Crippen LogP contribution >= 0.6 is 8.19 Å². The van der Waals surface area contributed by atoms with E-state index in [4.69, 9.17) is 0 Å². The van der Waals surface area contributed by atoms with Gasteiger partial charge in [-0.1, -0.05) is 41.5 Å². The summed E-state index contributed by atoms with van der Waals surface area (Å²) in [6.45, 7) is 13.6. The van der Waals surface area contributed by atoms with E-state index in [-0.39, 0.29) is 0 Å². The molecule has 1 radical (unpaired) electrons. The molecule has 1 heteroatoms. The van der Waals surface area contributed by atoms with E-state index < -0.39 is 0 Å². The lowest BCUT2D eigenvalue weighted by molar-refractivity contribution is 0.602. The van der Waals surface area contributed by atoms with Gasteiger partial charge >= 0.3 is 0 Å². The lowest BCUT2D eigenvalue weighted by Crippen LogP contribution is -2.09. The van der Waals surface area contributed by atoms with Crippen LogP contribution in [0.15, 0.2) is 6.07 Å². The molecule has 13 heavy (non-hydrogen) atoms. The summed E-state index contributed by atoms with van der Waals surface area (Å²) in [7, 11) is 0.860. The van der Waals surface area contributed by atoms with Gasteiger partial charge < -0.3 is 0 Å². The van der Waals surface area contributed by atoms with Crippen molar-refractivity contribution in [2.75, 3.05) is 0 Å². The Morgan fingerprint density at radius 1 is 1.00 bits per heavy atom. The third kappa shape index (κ3) is 2.61. The maximum Gasteiger partial charge on any atom is -0.00907 e. The lowest BCUT2D eigenvalue weighted by atomic mass is 9.93. The Labute approximate surface area is 83.8 Å². The zero-order chi connectivity index (χ0) is 10.3. The van der Waals surface area contributed by atoms with Crippen molar-refractivity contribution in [2.24, 2.45) is 0 Å². The highest BCUT2D eigenvalue weighted by atomic mass is 31.0. The molecule has 0 nitrogen and oxygen atoms in total. The number of hydrogen-bond donors (Lipinski definition) is 0. The van der Waals surface area contributed by atoms with Gasteiger partial charge in [-0.3, -0.25) is 0 Å². The highest BCUT2D eigenvalue weighted by molar-refractivity contribution is 7.32. The Balaban J connectivity index is 3.01. The van der Waals surface area contributed by atoms with Gasteiger partial charge in [0.2, 0.25) is 0 Å². The summed E-state index contributed by atoms with van der Waals surface area (Å²) in [5.74, 6) is 0. The first-order chi connectivity index (χ1) is 5.71. The first-order valence-electron chi connectivity index (χ1n) is 4.83. The summed E-state index contributed by atoms with van der Waals surface area (Å²) in [5, 5.41) is 3.01. The molecule has 0 aliphatic heterocycles. The third-order valence-electron chi connectivity index (χ3n) is 2.18. The van der Waals surface area contributed by atoms with Crippen LogP contribution in [0.3, 0.4) is 0 Å². The van der Waals surface area contributed by atoms with Crippen LogP contribution in [0.5, 0.6) is 0 Å². The van der Waals surface area contributed by atoms with Crippen molar-refractivity contribution in [3.05, 3.63) is 22.7 Å². The molecule has 0 N–H and O–H groups in total. The quantitative estimate of drug-likeness (QED) is 0.584. The van der Waals surface area contributed by atoms with Gasteiger partial charge in [-0.25, -0.2) is 0 Å². The van der Waals surface area contributed by atoms with Gasteiger partial charge in [0.05, 0.1) is 0 Å². The largest absolute Gasteiger partial charge is 0.131 e. The molecule has 1 rings (SSSR count). The summed E-state index contributed by atoms with van der Waals surface area (Å²) in [6, 6.07) is 5.61. The van der Waals surface area contributed by atoms with Crippen LogP contribution in [0.4, 0.5) is 0 Å². The Hall–Kier alpha value is -0.220. The molecule has 1 aromatic heterocycles. The fourth-order valence-corrected chi connectivity index (χ4v) is 2.47. The zero-order valence-electron chi connectivity index (χ0n) is 9.58. The van der Waals surface area contributed by atoms with Crippen molar-refractivity contribution >= 4 is 8.19 Å². The minimum Gasteiger partial charge on any atom is -0.131 e. The topological polar surface area (TPSA) is 0 Å². The average molecular weight is 195 g/mol. The van der Waals surface area contributed by atoms with Crippen molar-refractivity contribution < 1.29 is 0 Å². The molecule has 0 fully saturated rings.